The third-order valence-electron chi connectivity index (χ3n) is 5.91. The molecule has 0 saturated heterocycles. The Hall–Kier alpha value is -4.27. The summed E-state index contributed by atoms with van der Waals surface area (Å²) < 4.78 is 5.66. The lowest BCUT2D eigenvalue weighted by atomic mass is 10.0. The number of nitro groups is 1. The van der Waals surface area contributed by atoms with E-state index < -0.39 is 59.2 Å². The van der Waals surface area contributed by atoms with Gasteiger partial charge in [0.2, 0.25) is 17.7 Å². The summed E-state index contributed by atoms with van der Waals surface area (Å²) in [6, 6.07) is -0.0126. The second-order valence-corrected chi connectivity index (χ2v) is 8.91. The third kappa shape index (κ3) is 9.52. The zero-order valence-electron chi connectivity index (χ0n) is 21.6. The van der Waals surface area contributed by atoms with Crippen LogP contribution in [-0.4, -0.2) is 77.4 Å². The van der Waals surface area contributed by atoms with Gasteiger partial charge in [0.1, 0.15) is 30.4 Å². The molecule has 0 fully saturated rings. The van der Waals surface area contributed by atoms with Gasteiger partial charge in [-0.05, 0) is 38.3 Å². The van der Waals surface area contributed by atoms with Gasteiger partial charge >= 0.3 is 5.97 Å². The number of hydrogen-bond donors (Lipinski definition) is 6. The SMILES string of the molecule is CCCC1NC(=O)c2cc([N+](=O)[O-])ccc2OCCC(C(=O)NCC(=O)O)NC(=O)[C@H](CCCCN)NC1=O. The Morgan fingerprint density at radius 3 is 2.46 bits per heavy atom. The summed E-state index contributed by atoms with van der Waals surface area (Å²) >= 11 is 0. The van der Waals surface area contributed by atoms with Gasteiger partial charge in [-0.3, -0.25) is 34.1 Å². The van der Waals surface area contributed by atoms with Gasteiger partial charge in [-0.25, -0.2) is 0 Å². The first-order chi connectivity index (χ1) is 18.6. The highest BCUT2D eigenvalue weighted by atomic mass is 16.6. The standard InChI is InChI=1S/C24H34N6O9/c1-2-5-16-23(35)28-17(6-3-4-10-25)24(36)29-18(22(34)26-13-20(31)32)9-11-39-19-8-7-14(30(37)38)12-15(19)21(33)27-16/h7-8,12,16-18H,2-6,9-11,13,25H2,1H3,(H,26,34)(H,27,33)(H,28,35)(H,29,36)(H,31,32)/t16?,17-,18?/m0/s1. The number of carboxylic acids is 1. The number of nitrogens with zero attached hydrogens (tertiary/aromatic N) is 1. The lowest BCUT2D eigenvalue weighted by molar-refractivity contribution is -0.384. The highest BCUT2D eigenvalue weighted by molar-refractivity contribution is 6.01. The first kappa shape index (κ1) is 31.0. The molecule has 0 saturated carbocycles. The number of amides is 4. The summed E-state index contributed by atoms with van der Waals surface area (Å²) in [4.78, 5) is 73.7. The smallest absolute Gasteiger partial charge is 0.322 e. The molecule has 2 rings (SSSR count). The normalized spacial score (nSPS) is 20.3. The molecule has 0 radical (unpaired) electrons. The van der Waals surface area contributed by atoms with Crippen LogP contribution in [0.4, 0.5) is 5.69 Å². The summed E-state index contributed by atoms with van der Waals surface area (Å²) in [6.45, 7) is 1.25. The molecule has 15 heteroatoms. The number of aliphatic carboxylic acids is 1. The zero-order chi connectivity index (χ0) is 28.9. The van der Waals surface area contributed by atoms with Crippen molar-refractivity contribution in [2.45, 2.75) is 63.6 Å². The molecule has 39 heavy (non-hydrogen) atoms. The van der Waals surface area contributed by atoms with Gasteiger partial charge < -0.3 is 36.8 Å². The minimum Gasteiger partial charge on any atom is -0.493 e. The van der Waals surface area contributed by atoms with E-state index in [0.717, 1.165) is 12.1 Å². The maximum Gasteiger partial charge on any atom is 0.322 e. The minimum atomic E-state index is -1.29. The number of nitrogens with two attached hydrogens (primary N) is 1. The third-order valence-corrected chi connectivity index (χ3v) is 5.91. The summed E-state index contributed by atoms with van der Waals surface area (Å²) in [5.74, 6) is -4.25. The molecule has 214 valence electrons. The molecular weight excluding hydrogens is 516 g/mol. The Labute approximate surface area is 224 Å². The van der Waals surface area contributed by atoms with Crippen LogP contribution in [-0.2, 0) is 19.2 Å². The van der Waals surface area contributed by atoms with Crippen molar-refractivity contribution in [2.75, 3.05) is 19.7 Å². The summed E-state index contributed by atoms with van der Waals surface area (Å²) in [6.07, 6.45) is 1.80. The van der Waals surface area contributed by atoms with E-state index in [1.165, 1.54) is 6.07 Å². The van der Waals surface area contributed by atoms with E-state index in [9.17, 15) is 34.1 Å². The molecule has 1 aromatic rings. The number of unbranched alkanes of at least 4 members (excludes halogenated alkanes) is 1. The Morgan fingerprint density at radius 1 is 1.13 bits per heavy atom. The van der Waals surface area contributed by atoms with Gasteiger partial charge in [0.05, 0.1) is 17.1 Å². The number of hydrogen-bond acceptors (Lipinski definition) is 9. The lowest BCUT2D eigenvalue weighted by Gasteiger charge is -2.26. The molecule has 4 amide bonds. The van der Waals surface area contributed by atoms with Crippen LogP contribution in [0.5, 0.6) is 5.75 Å². The van der Waals surface area contributed by atoms with Crippen molar-refractivity contribution in [1.82, 2.24) is 21.3 Å². The average molecular weight is 551 g/mol. The lowest BCUT2D eigenvalue weighted by Crippen LogP contribution is -2.57. The van der Waals surface area contributed by atoms with Gasteiger partial charge in [-0.1, -0.05) is 13.3 Å². The fourth-order valence-electron chi connectivity index (χ4n) is 3.88. The van der Waals surface area contributed by atoms with Crippen LogP contribution in [0, 0.1) is 10.1 Å². The number of benzene rings is 1. The van der Waals surface area contributed by atoms with E-state index in [1.807, 2.05) is 0 Å². The van der Waals surface area contributed by atoms with Gasteiger partial charge in [-0.2, -0.15) is 0 Å². The predicted octanol–water partition coefficient (Wildman–Crippen LogP) is -0.425. The first-order valence-corrected chi connectivity index (χ1v) is 12.6. The number of carboxylic acid groups (broad SMARTS) is 1. The summed E-state index contributed by atoms with van der Waals surface area (Å²) in [7, 11) is 0. The Morgan fingerprint density at radius 2 is 1.82 bits per heavy atom. The predicted molar refractivity (Wildman–Crippen MR) is 137 cm³/mol. The van der Waals surface area contributed by atoms with Crippen LogP contribution in [0.15, 0.2) is 18.2 Å². The minimum absolute atomic E-state index is 0.0403. The Balaban J connectivity index is 2.47. The number of rotatable bonds is 10. The number of nitrogens with one attached hydrogen (secondary N) is 4. The monoisotopic (exact) mass is 550 g/mol. The second-order valence-electron chi connectivity index (χ2n) is 8.91. The maximum absolute atomic E-state index is 13.2. The number of fused-ring (bicyclic) bond motifs is 1. The van der Waals surface area contributed by atoms with E-state index in [0.29, 0.717) is 25.8 Å². The molecule has 1 heterocycles. The van der Waals surface area contributed by atoms with E-state index in [4.69, 9.17) is 15.6 Å². The van der Waals surface area contributed by atoms with Gasteiger partial charge in [0, 0.05) is 18.6 Å². The zero-order valence-corrected chi connectivity index (χ0v) is 21.6. The molecule has 0 bridgehead atoms. The van der Waals surface area contributed by atoms with Gasteiger partial charge in [0.15, 0.2) is 0 Å². The van der Waals surface area contributed by atoms with E-state index in [-0.39, 0.29) is 42.9 Å². The molecule has 0 aromatic heterocycles. The number of carbonyl (C=O) groups is 5. The maximum atomic E-state index is 13.2. The van der Waals surface area contributed by atoms with Crippen molar-refractivity contribution in [3.8, 4) is 5.75 Å². The number of nitro benzene ring substituents is 1. The van der Waals surface area contributed by atoms with Crippen LogP contribution in [0.25, 0.3) is 0 Å². The molecule has 1 aliphatic heterocycles. The summed E-state index contributed by atoms with van der Waals surface area (Å²) in [5.41, 5.74) is 4.99. The topological polar surface area (TPSA) is 232 Å². The molecule has 1 aliphatic rings. The fraction of sp³-hybridized carbons (Fsp3) is 0.542. The number of carbonyl (C=O) groups excluding carboxylic acids is 4. The van der Waals surface area contributed by atoms with Crippen molar-refractivity contribution >= 4 is 35.3 Å². The Kier molecular flexibility index (Phi) is 12.1. The second kappa shape index (κ2) is 15.2. The number of non-ortho nitro benzene ring substituents is 1. The van der Waals surface area contributed by atoms with Crippen LogP contribution in [0.3, 0.4) is 0 Å². The van der Waals surface area contributed by atoms with E-state index in [1.54, 1.807) is 6.92 Å². The molecule has 3 atom stereocenters. The van der Waals surface area contributed by atoms with Crippen molar-refractivity contribution in [3.63, 3.8) is 0 Å². The molecule has 0 spiro atoms. The van der Waals surface area contributed by atoms with E-state index in [2.05, 4.69) is 21.3 Å². The highest BCUT2D eigenvalue weighted by Gasteiger charge is 2.31. The van der Waals surface area contributed by atoms with Crippen molar-refractivity contribution in [1.29, 1.82) is 0 Å². The van der Waals surface area contributed by atoms with Crippen LogP contribution in [0.2, 0.25) is 0 Å². The molecule has 7 N–H and O–H groups in total. The van der Waals surface area contributed by atoms with Crippen molar-refractivity contribution in [2.24, 2.45) is 5.73 Å². The molecular formula is C24H34N6O9. The van der Waals surface area contributed by atoms with Crippen molar-refractivity contribution < 1.29 is 38.7 Å². The average Bonchev–Trinajstić information content (AvgIpc) is 2.89. The van der Waals surface area contributed by atoms with Crippen LogP contribution < -0.4 is 31.7 Å². The summed E-state index contributed by atoms with van der Waals surface area (Å²) in [5, 5.41) is 30.2. The Bertz CT molecular complexity index is 1080. The fourth-order valence-corrected chi connectivity index (χ4v) is 3.88. The molecule has 0 aliphatic carbocycles. The quantitative estimate of drug-likeness (QED) is 0.125. The van der Waals surface area contributed by atoms with Gasteiger partial charge in [0.25, 0.3) is 11.6 Å². The highest BCUT2D eigenvalue weighted by Crippen LogP contribution is 2.25. The van der Waals surface area contributed by atoms with E-state index >= 15 is 0 Å². The van der Waals surface area contributed by atoms with Crippen LogP contribution in [0.1, 0.15) is 55.8 Å². The largest absolute Gasteiger partial charge is 0.493 e. The molecule has 15 nitrogen and oxygen atoms in total. The van der Waals surface area contributed by atoms with Crippen molar-refractivity contribution in [3.05, 3.63) is 33.9 Å². The molecule has 2 unspecified atom stereocenters. The molecule has 1 aromatic carbocycles. The number of ether oxygens (including phenoxy) is 1. The van der Waals surface area contributed by atoms with Gasteiger partial charge in [-0.15, -0.1) is 0 Å². The first-order valence-electron chi connectivity index (χ1n) is 12.6. The van der Waals surface area contributed by atoms with Crippen LogP contribution >= 0.6 is 0 Å².